The Labute approximate surface area is 101 Å². The van der Waals surface area contributed by atoms with Crippen LogP contribution in [0.3, 0.4) is 0 Å². The van der Waals surface area contributed by atoms with Crippen LogP contribution in [0, 0.1) is 6.92 Å². The number of methoxy groups -OCH3 is 1. The predicted octanol–water partition coefficient (Wildman–Crippen LogP) is 2.48. The molecule has 3 N–H and O–H groups in total. The second-order valence-corrected chi connectivity index (χ2v) is 5.05. The van der Waals surface area contributed by atoms with E-state index in [-0.39, 0.29) is 5.41 Å². The molecule has 1 fully saturated rings. The summed E-state index contributed by atoms with van der Waals surface area (Å²) in [6.45, 7) is 2.84. The van der Waals surface area contributed by atoms with Crippen LogP contribution in [0.25, 0.3) is 10.9 Å². The number of ether oxygens (including phenoxy) is 1. The highest BCUT2D eigenvalue weighted by molar-refractivity contribution is 5.88. The van der Waals surface area contributed by atoms with Gasteiger partial charge >= 0.3 is 0 Å². The molecule has 17 heavy (non-hydrogen) atoms. The number of benzene rings is 1. The normalized spacial score (nSPS) is 17.4. The molecule has 3 rings (SSSR count). The number of hydrogen-bond acceptors (Lipinski definition) is 2. The fourth-order valence-electron chi connectivity index (χ4n) is 2.67. The molecule has 0 amide bonds. The van der Waals surface area contributed by atoms with Gasteiger partial charge in [-0.25, -0.2) is 0 Å². The Balaban J connectivity index is 2.24. The molecule has 3 nitrogen and oxygen atoms in total. The van der Waals surface area contributed by atoms with E-state index in [0.717, 1.165) is 12.3 Å². The van der Waals surface area contributed by atoms with E-state index < -0.39 is 0 Å². The highest BCUT2D eigenvalue weighted by Crippen LogP contribution is 2.50. The van der Waals surface area contributed by atoms with Gasteiger partial charge in [-0.2, -0.15) is 0 Å². The van der Waals surface area contributed by atoms with Gasteiger partial charge in [0.15, 0.2) is 0 Å². The van der Waals surface area contributed by atoms with Gasteiger partial charge in [-0.05, 0) is 43.0 Å². The largest absolute Gasteiger partial charge is 0.497 e. The number of H-pyrrole nitrogens is 1. The van der Waals surface area contributed by atoms with Crippen LogP contribution < -0.4 is 10.5 Å². The van der Waals surface area contributed by atoms with Gasteiger partial charge in [-0.3, -0.25) is 0 Å². The minimum Gasteiger partial charge on any atom is -0.497 e. The number of nitrogens with two attached hydrogens (primary N) is 1. The van der Waals surface area contributed by atoms with Gasteiger partial charge < -0.3 is 15.5 Å². The molecular weight excluding hydrogens is 212 g/mol. The summed E-state index contributed by atoms with van der Waals surface area (Å²) in [5.74, 6) is 0.920. The van der Waals surface area contributed by atoms with Crippen LogP contribution in [0.5, 0.6) is 5.75 Å². The van der Waals surface area contributed by atoms with Crippen molar-refractivity contribution in [2.45, 2.75) is 25.2 Å². The fourth-order valence-corrected chi connectivity index (χ4v) is 2.67. The maximum Gasteiger partial charge on any atom is 0.119 e. The molecule has 1 saturated carbocycles. The van der Waals surface area contributed by atoms with E-state index in [4.69, 9.17) is 10.5 Å². The van der Waals surface area contributed by atoms with Crippen molar-refractivity contribution in [3.8, 4) is 5.75 Å². The van der Waals surface area contributed by atoms with E-state index in [1.807, 2.05) is 0 Å². The second-order valence-electron chi connectivity index (χ2n) is 5.05. The van der Waals surface area contributed by atoms with Gasteiger partial charge in [-0.15, -0.1) is 0 Å². The van der Waals surface area contributed by atoms with Crippen LogP contribution in [0.2, 0.25) is 0 Å². The molecular formula is C14H18N2O. The first kappa shape index (κ1) is 10.7. The quantitative estimate of drug-likeness (QED) is 0.851. The van der Waals surface area contributed by atoms with Crippen molar-refractivity contribution in [1.29, 1.82) is 0 Å². The molecule has 3 heteroatoms. The summed E-state index contributed by atoms with van der Waals surface area (Å²) in [5, 5.41) is 1.27. The Bertz CT molecular complexity index is 567. The third-order valence-corrected chi connectivity index (χ3v) is 4.01. The summed E-state index contributed by atoms with van der Waals surface area (Å²) in [5.41, 5.74) is 9.92. The SMILES string of the molecule is COc1cc(C)c2[nH]cc(C3(CN)CC3)c2c1. The van der Waals surface area contributed by atoms with Crippen LogP contribution in [0.4, 0.5) is 0 Å². The van der Waals surface area contributed by atoms with Crippen molar-refractivity contribution >= 4 is 10.9 Å². The molecule has 2 aromatic rings. The molecule has 1 aromatic carbocycles. The van der Waals surface area contributed by atoms with E-state index in [9.17, 15) is 0 Å². The van der Waals surface area contributed by atoms with Gasteiger partial charge in [0, 0.05) is 29.1 Å². The van der Waals surface area contributed by atoms with Gasteiger partial charge in [-0.1, -0.05) is 0 Å². The Morgan fingerprint density at radius 3 is 2.76 bits per heavy atom. The van der Waals surface area contributed by atoms with Gasteiger partial charge in [0.05, 0.1) is 7.11 Å². The Morgan fingerprint density at radius 2 is 2.18 bits per heavy atom. The maximum atomic E-state index is 5.91. The van der Waals surface area contributed by atoms with Gasteiger partial charge in [0.2, 0.25) is 0 Å². The monoisotopic (exact) mass is 230 g/mol. The molecule has 90 valence electrons. The molecule has 0 unspecified atom stereocenters. The lowest BCUT2D eigenvalue weighted by Crippen LogP contribution is -2.19. The Morgan fingerprint density at radius 1 is 1.41 bits per heavy atom. The number of rotatable bonds is 3. The van der Waals surface area contributed by atoms with Crippen LogP contribution in [0.1, 0.15) is 24.0 Å². The van der Waals surface area contributed by atoms with Gasteiger partial charge in [0.1, 0.15) is 5.75 Å². The number of aryl methyl sites for hydroxylation is 1. The molecule has 0 saturated heterocycles. The van der Waals surface area contributed by atoms with Crippen LogP contribution in [-0.4, -0.2) is 18.6 Å². The second kappa shape index (κ2) is 3.50. The molecule has 1 heterocycles. The molecule has 1 aliphatic rings. The third-order valence-electron chi connectivity index (χ3n) is 4.01. The van der Waals surface area contributed by atoms with Crippen molar-refractivity contribution in [3.05, 3.63) is 29.5 Å². The minimum atomic E-state index is 0.219. The number of hydrogen-bond donors (Lipinski definition) is 2. The summed E-state index contributed by atoms with van der Waals surface area (Å²) < 4.78 is 5.35. The maximum absolute atomic E-state index is 5.91. The van der Waals surface area contributed by atoms with Crippen molar-refractivity contribution < 1.29 is 4.74 Å². The average Bonchev–Trinajstić information content (AvgIpc) is 3.02. The van der Waals surface area contributed by atoms with E-state index in [1.54, 1.807) is 7.11 Å². The number of fused-ring (bicyclic) bond motifs is 1. The van der Waals surface area contributed by atoms with E-state index in [1.165, 1.54) is 34.9 Å². The topological polar surface area (TPSA) is 51.0 Å². The predicted molar refractivity (Wildman–Crippen MR) is 69.6 cm³/mol. The first-order valence-electron chi connectivity index (χ1n) is 6.06. The Hall–Kier alpha value is -1.48. The first-order valence-corrected chi connectivity index (χ1v) is 6.06. The van der Waals surface area contributed by atoms with E-state index >= 15 is 0 Å². The van der Waals surface area contributed by atoms with Crippen LogP contribution in [-0.2, 0) is 5.41 Å². The van der Waals surface area contributed by atoms with Crippen molar-refractivity contribution in [2.75, 3.05) is 13.7 Å². The zero-order valence-electron chi connectivity index (χ0n) is 10.3. The molecule has 0 spiro atoms. The van der Waals surface area contributed by atoms with Crippen molar-refractivity contribution in [3.63, 3.8) is 0 Å². The molecule has 1 aromatic heterocycles. The first-order chi connectivity index (χ1) is 8.20. The Kier molecular flexibility index (Phi) is 2.20. The van der Waals surface area contributed by atoms with Crippen molar-refractivity contribution in [1.82, 2.24) is 4.98 Å². The lowest BCUT2D eigenvalue weighted by molar-refractivity contribution is 0.415. The summed E-state index contributed by atoms with van der Waals surface area (Å²) in [6.07, 6.45) is 4.52. The van der Waals surface area contributed by atoms with Crippen LogP contribution >= 0.6 is 0 Å². The molecule has 0 atom stereocenters. The standard InChI is InChI=1S/C14H18N2O/c1-9-5-10(17-2)6-11-12(7-16-13(9)11)14(8-15)3-4-14/h5-7,16H,3-4,8,15H2,1-2H3. The summed E-state index contributed by atoms with van der Waals surface area (Å²) in [4.78, 5) is 3.38. The fraction of sp³-hybridized carbons (Fsp3) is 0.429. The third kappa shape index (κ3) is 1.46. The van der Waals surface area contributed by atoms with Crippen molar-refractivity contribution in [2.24, 2.45) is 5.73 Å². The summed E-state index contributed by atoms with van der Waals surface area (Å²) in [7, 11) is 1.71. The van der Waals surface area contributed by atoms with E-state index in [0.29, 0.717) is 0 Å². The van der Waals surface area contributed by atoms with Crippen LogP contribution in [0.15, 0.2) is 18.3 Å². The molecule has 0 aliphatic heterocycles. The molecule has 0 radical (unpaired) electrons. The number of nitrogens with one attached hydrogen (secondary N) is 1. The lowest BCUT2D eigenvalue weighted by atomic mass is 9.95. The zero-order chi connectivity index (χ0) is 12.0. The molecule has 0 bridgehead atoms. The summed E-state index contributed by atoms with van der Waals surface area (Å²) in [6, 6.07) is 4.18. The minimum absolute atomic E-state index is 0.219. The van der Waals surface area contributed by atoms with Gasteiger partial charge in [0.25, 0.3) is 0 Å². The molecule has 1 aliphatic carbocycles. The number of aromatic nitrogens is 1. The highest BCUT2D eigenvalue weighted by atomic mass is 16.5. The lowest BCUT2D eigenvalue weighted by Gasteiger charge is -2.12. The highest BCUT2D eigenvalue weighted by Gasteiger charge is 2.44. The zero-order valence-corrected chi connectivity index (χ0v) is 10.3. The average molecular weight is 230 g/mol. The smallest absolute Gasteiger partial charge is 0.119 e. The number of aromatic amines is 1. The summed E-state index contributed by atoms with van der Waals surface area (Å²) >= 11 is 0. The van der Waals surface area contributed by atoms with E-state index in [2.05, 4.69) is 30.2 Å².